The lowest BCUT2D eigenvalue weighted by molar-refractivity contribution is 0.111. The van der Waals surface area contributed by atoms with E-state index >= 15 is 0 Å². The van der Waals surface area contributed by atoms with E-state index in [-0.39, 0.29) is 0 Å². The first-order chi connectivity index (χ1) is 8.45. The van der Waals surface area contributed by atoms with Crippen molar-refractivity contribution in [1.29, 1.82) is 0 Å². The van der Waals surface area contributed by atoms with Crippen LogP contribution < -0.4 is 0 Å². The summed E-state index contributed by atoms with van der Waals surface area (Å²) in [4.78, 5) is 0. The maximum atomic E-state index is 5.97. The van der Waals surface area contributed by atoms with E-state index in [1.165, 1.54) is 25.7 Å². The molecule has 2 rings (SSSR count). The molecule has 0 radical (unpaired) electrons. The van der Waals surface area contributed by atoms with Gasteiger partial charge in [0.05, 0.1) is 0 Å². The molecule has 0 nitrogen and oxygen atoms in total. The summed E-state index contributed by atoms with van der Waals surface area (Å²) in [5.41, 5.74) is 2.19. The van der Waals surface area contributed by atoms with Crippen molar-refractivity contribution in [1.82, 2.24) is 0 Å². The Hall–Kier alpha value is -0.230. The predicted octanol–water partition coefficient (Wildman–Crippen LogP) is 5.93. The molecule has 0 aliphatic heterocycles. The van der Waals surface area contributed by atoms with Gasteiger partial charge in [0.15, 0.2) is 0 Å². The molecule has 102 valence electrons. The minimum atomic E-state index is 0.477. The fourth-order valence-electron chi connectivity index (χ4n) is 4.37. The molecule has 0 saturated heterocycles. The summed E-state index contributed by atoms with van der Waals surface area (Å²) in [6.07, 6.45) is 11.4. The molecule has 1 saturated carbocycles. The normalized spacial score (nSPS) is 38.3. The van der Waals surface area contributed by atoms with Gasteiger partial charge in [0.1, 0.15) is 0 Å². The average molecular weight is 267 g/mol. The van der Waals surface area contributed by atoms with Crippen molar-refractivity contribution in [3.05, 3.63) is 22.8 Å². The van der Waals surface area contributed by atoms with Crippen molar-refractivity contribution >= 4 is 11.6 Å². The van der Waals surface area contributed by atoms with Crippen molar-refractivity contribution in [2.24, 2.45) is 23.2 Å². The highest BCUT2D eigenvalue weighted by Gasteiger charge is 2.46. The molecule has 0 amide bonds. The second-order valence-electron chi connectivity index (χ2n) is 6.72. The van der Waals surface area contributed by atoms with Gasteiger partial charge in [-0.25, -0.2) is 0 Å². The number of hydrogen-bond donors (Lipinski definition) is 0. The van der Waals surface area contributed by atoms with Crippen molar-refractivity contribution in [2.45, 2.75) is 59.8 Å². The van der Waals surface area contributed by atoms with E-state index in [0.29, 0.717) is 11.3 Å². The van der Waals surface area contributed by atoms with Crippen LogP contribution in [0.15, 0.2) is 22.8 Å². The Kier molecular flexibility index (Phi) is 4.26. The van der Waals surface area contributed by atoms with Crippen molar-refractivity contribution in [3.63, 3.8) is 0 Å². The van der Waals surface area contributed by atoms with Crippen molar-refractivity contribution < 1.29 is 0 Å². The molecular formula is C17H27Cl. The monoisotopic (exact) mass is 266 g/mol. The Morgan fingerprint density at radius 2 is 2.33 bits per heavy atom. The molecule has 2 aliphatic carbocycles. The molecule has 1 heteroatoms. The van der Waals surface area contributed by atoms with Crippen LogP contribution in [0.3, 0.4) is 0 Å². The molecule has 0 N–H and O–H groups in total. The van der Waals surface area contributed by atoms with E-state index in [1.54, 1.807) is 5.57 Å². The molecule has 4 atom stereocenters. The van der Waals surface area contributed by atoms with Crippen LogP contribution in [0.5, 0.6) is 0 Å². The van der Waals surface area contributed by atoms with Crippen molar-refractivity contribution in [2.75, 3.05) is 0 Å². The van der Waals surface area contributed by atoms with Crippen LogP contribution in [0.2, 0.25) is 0 Å². The second kappa shape index (κ2) is 5.41. The number of halogens is 1. The van der Waals surface area contributed by atoms with Crippen LogP contribution in [0, 0.1) is 23.2 Å². The Bertz CT molecular complexity index is 362. The quantitative estimate of drug-likeness (QED) is 0.556. The predicted molar refractivity (Wildman–Crippen MR) is 80.7 cm³/mol. The van der Waals surface area contributed by atoms with E-state index in [4.69, 9.17) is 11.6 Å². The molecule has 0 bridgehead atoms. The van der Waals surface area contributed by atoms with Crippen LogP contribution in [-0.2, 0) is 0 Å². The van der Waals surface area contributed by atoms with Gasteiger partial charge in [0.2, 0.25) is 0 Å². The Labute approximate surface area is 117 Å². The third-order valence-electron chi connectivity index (χ3n) is 5.40. The number of rotatable bonds is 3. The zero-order chi connectivity index (χ0) is 13.3. The summed E-state index contributed by atoms with van der Waals surface area (Å²) in [5, 5.41) is 0.930. The molecule has 0 heterocycles. The van der Waals surface area contributed by atoms with Crippen LogP contribution in [0.4, 0.5) is 0 Å². The van der Waals surface area contributed by atoms with Gasteiger partial charge < -0.3 is 0 Å². The fourth-order valence-corrected chi connectivity index (χ4v) is 4.46. The van der Waals surface area contributed by atoms with Gasteiger partial charge in [-0.2, -0.15) is 0 Å². The molecule has 0 spiro atoms. The standard InChI is InChI=1S/C17H27Cl/c1-12-6-5-11-17(4)15(12)9-10-16(17)13(2)7-8-14(3)18/h8,10,12-13,15H,5-7,9,11H2,1-4H3/t12-,13+,15-,17-/m0/s1. The minimum absolute atomic E-state index is 0.477. The maximum absolute atomic E-state index is 5.97. The number of hydrogen-bond acceptors (Lipinski definition) is 0. The first kappa shape index (κ1) is 14.2. The average Bonchev–Trinajstić information content (AvgIpc) is 2.64. The number of allylic oxidation sites excluding steroid dienone is 4. The smallest absolute Gasteiger partial charge is 0.0110 e. The van der Waals surface area contributed by atoms with Crippen molar-refractivity contribution in [3.8, 4) is 0 Å². The zero-order valence-corrected chi connectivity index (χ0v) is 13.1. The molecule has 18 heavy (non-hydrogen) atoms. The topological polar surface area (TPSA) is 0 Å². The molecule has 0 aromatic heterocycles. The first-order valence-corrected chi connectivity index (χ1v) is 7.85. The lowest BCUT2D eigenvalue weighted by Crippen LogP contribution is -2.35. The molecule has 1 fully saturated rings. The third kappa shape index (κ3) is 2.54. The third-order valence-corrected chi connectivity index (χ3v) is 5.55. The molecule has 0 unspecified atom stereocenters. The zero-order valence-electron chi connectivity index (χ0n) is 12.3. The summed E-state index contributed by atoms with van der Waals surface area (Å²) in [6, 6.07) is 0. The largest absolute Gasteiger partial charge is 0.0898 e. The van der Waals surface area contributed by atoms with Gasteiger partial charge >= 0.3 is 0 Å². The summed E-state index contributed by atoms with van der Waals surface area (Å²) >= 11 is 5.97. The number of fused-ring (bicyclic) bond motifs is 1. The van der Waals surface area contributed by atoms with E-state index < -0.39 is 0 Å². The summed E-state index contributed by atoms with van der Waals surface area (Å²) in [6.45, 7) is 9.31. The van der Waals surface area contributed by atoms with Crippen LogP contribution in [0.1, 0.15) is 59.8 Å². The first-order valence-electron chi connectivity index (χ1n) is 7.48. The summed E-state index contributed by atoms with van der Waals surface area (Å²) in [7, 11) is 0. The van der Waals surface area contributed by atoms with Gasteiger partial charge in [0, 0.05) is 5.03 Å². The highest BCUT2D eigenvalue weighted by Crippen LogP contribution is 2.56. The second-order valence-corrected chi connectivity index (χ2v) is 7.31. The Balaban J connectivity index is 2.12. The molecular weight excluding hydrogens is 240 g/mol. The highest BCUT2D eigenvalue weighted by molar-refractivity contribution is 6.29. The van der Waals surface area contributed by atoms with Gasteiger partial charge in [-0.15, -0.1) is 0 Å². The van der Waals surface area contributed by atoms with Crippen LogP contribution >= 0.6 is 11.6 Å². The highest BCUT2D eigenvalue weighted by atomic mass is 35.5. The van der Waals surface area contributed by atoms with E-state index in [9.17, 15) is 0 Å². The SMILES string of the molecule is CC(Cl)=CC[C@@H](C)C1=CC[C@H]2[C@@H](C)CCC[C@]12C. The molecule has 2 aliphatic rings. The molecule has 0 aromatic rings. The van der Waals surface area contributed by atoms with E-state index in [0.717, 1.165) is 23.3 Å². The molecule has 0 aromatic carbocycles. The van der Waals surface area contributed by atoms with E-state index in [1.807, 2.05) is 6.92 Å². The Morgan fingerprint density at radius 1 is 1.61 bits per heavy atom. The van der Waals surface area contributed by atoms with Crippen LogP contribution in [-0.4, -0.2) is 0 Å². The minimum Gasteiger partial charge on any atom is -0.0898 e. The van der Waals surface area contributed by atoms with Gasteiger partial charge in [0.25, 0.3) is 0 Å². The maximum Gasteiger partial charge on any atom is 0.0110 e. The van der Waals surface area contributed by atoms with Crippen LogP contribution in [0.25, 0.3) is 0 Å². The fraction of sp³-hybridized carbons (Fsp3) is 0.765. The lowest BCUT2D eigenvalue weighted by atomic mass is 9.60. The van der Waals surface area contributed by atoms with Gasteiger partial charge in [-0.3, -0.25) is 0 Å². The lowest BCUT2D eigenvalue weighted by Gasteiger charge is -2.44. The Morgan fingerprint density at radius 3 is 3.00 bits per heavy atom. The van der Waals surface area contributed by atoms with Gasteiger partial charge in [-0.05, 0) is 49.4 Å². The van der Waals surface area contributed by atoms with E-state index in [2.05, 4.69) is 32.9 Å². The summed E-state index contributed by atoms with van der Waals surface area (Å²) in [5.74, 6) is 2.44. The summed E-state index contributed by atoms with van der Waals surface area (Å²) < 4.78 is 0. The van der Waals surface area contributed by atoms with Gasteiger partial charge in [-0.1, -0.05) is 62.9 Å².